The fourth-order valence-electron chi connectivity index (χ4n) is 3.66. The van der Waals surface area contributed by atoms with Crippen molar-refractivity contribution in [3.63, 3.8) is 0 Å². The van der Waals surface area contributed by atoms with Crippen LogP contribution in [0.4, 0.5) is 4.39 Å². The van der Waals surface area contributed by atoms with E-state index in [0.717, 1.165) is 6.07 Å². The number of nitrogens with two attached hydrogens (primary N) is 1. The SMILES string of the molecule is CC(=O)c1ccc2c(c1)[C@H](NC(=O)c1ccc(F)c(Cl)c1)[C@H](OC(=O)CNC(=O)CN)C(C)(C)O2. The summed E-state index contributed by atoms with van der Waals surface area (Å²) in [6.07, 6.45) is -1.07. The monoisotopic (exact) mass is 505 g/mol. The lowest BCUT2D eigenvalue weighted by Gasteiger charge is -2.44. The van der Waals surface area contributed by atoms with Crippen LogP contribution in [0.5, 0.6) is 5.75 Å². The Bertz CT molecular complexity index is 1190. The first-order valence-corrected chi connectivity index (χ1v) is 11.1. The van der Waals surface area contributed by atoms with E-state index in [1.165, 1.54) is 19.1 Å². The Morgan fingerprint density at radius 1 is 1.14 bits per heavy atom. The molecule has 0 fully saturated rings. The highest BCUT2D eigenvalue weighted by molar-refractivity contribution is 6.31. The molecular weight excluding hydrogens is 481 g/mol. The molecule has 35 heavy (non-hydrogen) atoms. The maximum atomic E-state index is 13.6. The van der Waals surface area contributed by atoms with Crippen molar-refractivity contribution in [1.82, 2.24) is 10.6 Å². The number of fused-ring (bicyclic) bond motifs is 1. The van der Waals surface area contributed by atoms with Crippen molar-refractivity contribution in [2.75, 3.05) is 13.1 Å². The summed E-state index contributed by atoms with van der Waals surface area (Å²) in [6.45, 7) is 3.97. The van der Waals surface area contributed by atoms with Crippen LogP contribution in [-0.4, -0.2) is 48.4 Å². The number of benzene rings is 2. The predicted molar refractivity (Wildman–Crippen MR) is 125 cm³/mol. The fraction of sp³-hybridized carbons (Fsp3) is 0.333. The summed E-state index contributed by atoms with van der Waals surface area (Å²) in [4.78, 5) is 49.0. The lowest BCUT2D eigenvalue weighted by molar-refractivity contribution is -0.164. The van der Waals surface area contributed by atoms with E-state index in [-0.39, 0.29) is 22.9 Å². The van der Waals surface area contributed by atoms with E-state index >= 15 is 0 Å². The maximum absolute atomic E-state index is 13.6. The van der Waals surface area contributed by atoms with Gasteiger partial charge >= 0.3 is 5.97 Å². The van der Waals surface area contributed by atoms with Crippen molar-refractivity contribution < 1.29 is 33.0 Å². The average molecular weight is 506 g/mol. The van der Waals surface area contributed by atoms with Crippen LogP contribution in [0.25, 0.3) is 0 Å². The summed E-state index contributed by atoms with van der Waals surface area (Å²) in [5.41, 5.74) is 4.95. The third kappa shape index (κ3) is 5.95. The number of hydrogen-bond donors (Lipinski definition) is 3. The lowest BCUT2D eigenvalue weighted by atomic mass is 9.85. The number of esters is 1. The molecule has 1 heterocycles. The van der Waals surface area contributed by atoms with Crippen LogP contribution in [0.2, 0.25) is 5.02 Å². The summed E-state index contributed by atoms with van der Waals surface area (Å²) in [7, 11) is 0. The number of nitrogens with one attached hydrogen (secondary N) is 2. The Kier molecular flexibility index (Phi) is 7.76. The summed E-state index contributed by atoms with van der Waals surface area (Å²) < 4.78 is 25.3. The standard InChI is InChI=1S/C24H25ClFN3O6/c1-12(30)13-5-7-18-15(8-13)21(29-23(33)14-4-6-17(26)16(25)9-14)22(24(2,3)35-18)34-20(32)11-28-19(31)10-27/h4-9,21-22H,10-11,27H2,1-3H3,(H,28,31)(H,29,33)/t21-,22-/m0/s1. The first-order chi connectivity index (χ1) is 16.4. The van der Waals surface area contributed by atoms with Gasteiger partial charge in [-0.3, -0.25) is 19.2 Å². The van der Waals surface area contributed by atoms with Gasteiger partial charge in [0.15, 0.2) is 11.9 Å². The molecule has 4 N–H and O–H groups in total. The molecule has 0 saturated carbocycles. The molecule has 2 atom stereocenters. The molecule has 3 rings (SSSR count). The molecule has 2 aromatic carbocycles. The molecule has 9 nitrogen and oxygen atoms in total. The van der Waals surface area contributed by atoms with Crippen molar-refractivity contribution in [3.05, 3.63) is 63.9 Å². The second kappa shape index (κ2) is 10.4. The number of ether oxygens (including phenoxy) is 2. The molecule has 0 unspecified atom stereocenters. The number of carbonyl (C=O) groups excluding carboxylic acids is 4. The van der Waals surface area contributed by atoms with E-state index in [2.05, 4.69) is 10.6 Å². The molecule has 1 aliphatic heterocycles. The van der Waals surface area contributed by atoms with Gasteiger partial charge in [-0.1, -0.05) is 11.6 Å². The Hall–Kier alpha value is -3.50. The zero-order chi connectivity index (χ0) is 25.9. The van der Waals surface area contributed by atoms with Crippen LogP contribution in [-0.2, 0) is 14.3 Å². The van der Waals surface area contributed by atoms with E-state index in [1.807, 2.05) is 0 Å². The summed E-state index contributed by atoms with van der Waals surface area (Å²) >= 11 is 5.83. The number of carbonyl (C=O) groups is 4. The van der Waals surface area contributed by atoms with Crippen LogP contribution < -0.4 is 21.1 Å². The van der Waals surface area contributed by atoms with Crippen LogP contribution >= 0.6 is 11.6 Å². The molecule has 0 spiro atoms. The molecule has 0 saturated heterocycles. The van der Waals surface area contributed by atoms with E-state index in [1.54, 1.807) is 32.0 Å². The largest absolute Gasteiger partial charge is 0.484 e. The Balaban J connectivity index is 2.00. The topological polar surface area (TPSA) is 137 Å². The number of ketones is 1. The Morgan fingerprint density at radius 3 is 2.46 bits per heavy atom. The van der Waals surface area contributed by atoms with Crippen molar-refractivity contribution >= 4 is 35.2 Å². The number of Topliss-reactive ketones (excluding diaryl/α,β-unsaturated/α-hetero) is 1. The number of halogens is 2. The average Bonchev–Trinajstić information content (AvgIpc) is 2.80. The number of amides is 2. The molecule has 2 aromatic rings. The molecule has 0 aliphatic carbocycles. The Labute approximate surface area is 206 Å². The summed E-state index contributed by atoms with van der Waals surface area (Å²) in [6, 6.07) is 7.27. The molecule has 1 aliphatic rings. The van der Waals surface area contributed by atoms with Gasteiger partial charge in [0.2, 0.25) is 5.91 Å². The number of rotatable bonds is 7. The van der Waals surface area contributed by atoms with Crippen LogP contribution in [0, 0.1) is 5.82 Å². The van der Waals surface area contributed by atoms with E-state index in [9.17, 15) is 23.6 Å². The molecule has 186 valence electrons. The van der Waals surface area contributed by atoms with Crippen LogP contribution in [0.3, 0.4) is 0 Å². The zero-order valence-electron chi connectivity index (χ0n) is 19.3. The second-order valence-electron chi connectivity index (χ2n) is 8.49. The smallest absolute Gasteiger partial charge is 0.325 e. The van der Waals surface area contributed by atoms with Crippen LogP contribution in [0.15, 0.2) is 36.4 Å². The molecule has 11 heteroatoms. The minimum atomic E-state index is -1.13. The van der Waals surface area contributed by atoms with Gasteiger partial charge in [0.1, 0.15) is 23.7 Å². The summed E-state index contributed by atoms with van der Waals surface area (Å²) in [5.74, 6) is -2.47. The van der Waals surface area contributed by atoms with E-state index in [0.29, 0.717) is 16.9 Å². The second-order valence-corrected chi connectivity index (χ2v) is 8.89. The first kappa shape index (κ1) is 26.1. The molecule has 0 aromatic heterocycles. The quantitative estimate of drug-likeness (QED) is 0.388. The van der Waals surface area contributed by atoms with Gasteiger partial charge in [-0.15, -0.1) is 0 Å². The highest BCUT2D eigenvalue weighted by Gasteiger charge is 2.47. The van der Waals surface area contributed by atoms with Gasteiger partial charge < -0.3 is 25.8 Å². The third-order valence-electron chi connectivity index (χ3n) is 5.45. The van der Waals surface area contributed by atoms with Gasteiger partial charge in [-0.2, -0.15) is 0 Å². The highest BCUT2D eigenvalue weighted by atomic mass is 35.5. The lowest BCUT2D eigenvalue weighted by Crippen LogP contribution is -2.56. The minimum absolute atomic E-state index is 0.0743. The first-order valence-electron chi connectivity index (χ1n) is 10.7. The van der Waals surface area contributed by atoms with Gasteiger partial charge in [0.05, 0.1) is 17.6 Å². The zero-order valence-corrected chi connectivity index (χ0v) is 20.1. The van der Waals surface area contributed by atoms with Crippen molar-refractivity contribution in [2.24, 2.45) is 5.73 Å². The molecule has 0 bridgehead atoms. The van der Waals surface area contributed by atoms with Crippen molar-refractivity contribution in [2.45, 2.75) is 38.5 Å². The summed E-state index contributed by atoms with van der Waals surface area (Å²) in [5, 5.41) is 4.89. The molecule has 2 amide bonds. The Morgan fingerprint density at radius 2 is 1.83 bits per heavy atom. The fourth-order valence-corrected chi connectivity index (χ4v) is 3.84. The maximum Gasteiger partial charge on any atom is 0.325 e. The predicted octanol–water partition coefficient (Wildman–Crippen LogP) is 2.31. The van der Waals surface area contributed by atoms with Gasteiger partial charge in [-0.05, 0) is 57.2 Å². The van der Waals surface area contributed by atoms with Crippen molar-refractivity contribution in [1.29, 1.82) is 0 Å². The normalized spacial score (nSPS) is 18.0. The number of hydrogen-bond acceptors (Lipinski definition) is 7. The minimum Gasteiger partial charge on any atom is -0.484 e. The van der Waals surface area contributed by atoms with Crippen molar-refractivity contribution in [3.8, 4) is 5.75 Å². The third-order valence-corrected chi connectivity index (χ3v) is 5.74. The molecular formula is C24H25ClFN3O6. The highest BCUT2D eigenvalue weighted by Crippen LogP contribution is 2.42. The van der Waals surface area contributed by atoms with E-state index < -0.39 is 47.9 Å². The molecule has 0 radical (unpaired) electrons. The van der Waals surface area contributed by atoms with Gasteiger partial charge in [-0.25, -0.2) is 4.39 Å². The van der Waals surface area contributed by atoms with Gasteiger partial charge in [0, 0.05) is 16.7 Å². The van der Waals surface area contributed by atoms with Crippen LogP contribution in [0.1, 0.15) is 53.1 Å². The van der Waals surface area contributed by atoms with Gasteiger partial charge in [0.25, 0.3) is 5.91 Å². The van der Waals surface area contributed by atoms with E-state index in [4.69, 9.17) is 26.8 Å².